The molecule has 1 atom stereocenters. The molecule has 0 bridgehead atoms. The zero-order chi connectivity index (χ0) is 9.10. The van der Waals surface area contributed by atoms with Gasteiger partial charge in [-0.3, -0.25) is 0 Å². The van der Waals surface area contributed by atoms with Gasteiger partial charge in [0.2, 0.25) is 0 Å². The van der Waals surface area contributed by atoms with Crippen LogP contribution in [0.4, 0.5) is 5.69 Å². The fourth-order valence-electron chi connectivity index (χ4n) is 1.50. The number of nitrogens with one attached hydrogen (secondary N) is 1. The van der Waals surface area contributed by atoms with Crippen molar-refractivity contribution >= 4 is 17.4 Å². The van der Waals surface area contributed by atoms with E-state index in [1.54, 1.807) is 0 Å². The quantitative estimate of drug-likeness (QED) is 0.704. The first kappa shape index (κ1) is 8.91. The van der Waals surface area contributed by atoms with Crippen LogP contribution in [0.5, 0.6) is 0 Å². The Kier molecular flexibility index (Phi) is 2.76. The number of rotatable bonds is 2. The number of hydrogen-bond donors (Lipinski definition) is 2. The molecule has 1 aliphatic rings. The highest BCUT2D eigenvalue weighted by molar-refractivity contribution is 8.00. The molecule has 13 heavy (non-hydrogen) atoms. The second kappa shape index (κ2) is 4.03. The Balaban J connectivity index is 2.04. The number of nitrogen functional groups attached to an aromatic ring is 1. The van der Waals surface area contributed by atoms with Crippen molar-refractivity contribution in [3.05, 3.63) is 24.3 Å². The summed E-state index contributed by atoms with van der Waals surface area (Å²) in [6, 6.07) is 8.08. The van der Waals surface area contributed by atoms with Gasteiger partial charge in [0, 0.05) is 22.4 Å². The fraction of sp³-hybridized carbons (Fsp3) is 0.400. The Bertz CT molecular complexity index is 282. The smallest absolute Gasteiger partial charge is 0.0452 e. The molecular weight excluding hydrogens is 180 g/mol. The first-order valence-corrected chi connectivity index (χ1v) is 5.46. The van der Waals surface area contributed by atoms with Gasteiger partial charge in [-0.15, -0.1) is 11.8 Å². The minimum Gasteiger partial charge on any atom is -0.398 e. The van der Waals surface area contributed by atoms with Gasteiger partial charge in [-0.2, -0.15) is 0 Å². The summed E-state index contributed by atoms with van der Waals surface area (Å²) in [4.78, 5) is 1.22. The maximum Gasteiger partial charge on any atom is 0.0452 e. The number of nitrogens with two attached hydrogens (primary N) is 1. The highest BCUT2D eigenvalue weighted by atomic mass is 32.2. The van der Waals surface area contributed by atoms with E-state index < -0.39 is 0 Å². The Morgan fingerprint density at radius 1 is 1.38 bits per heavy atom. The molecule has 1 aromatic rings. The third kappa shape index (κ3) is 2.17. The van der Waals surface area contributed by atoms with E-state index in [0.717, 1.165) is 18.8 Å². The van der Waals surface area contributed by atoms with E-state index >= 15 is 0 Å². The van der Waals surface area contributed by atoms with Gasteiger partial charge in [-0.25, -0.2) is 0 Å². The summed E-state index contributed by atoms with van der Waals surface area (Å²) in [5.41, 5.74) is 6.76. The molecule has 2 nitrogen and oxygen atoms in total. The van der Waals surface area contributed by atoms with E-state index in [1.165, 1.54) is 11.3 Å². The van der Waals surface area contributed by atoms with Gasteiger partial charge in [0.25, 0.3) is 0 Å². The zero-order valence-corrected chi connectivity index (χ0v) is 8.31. The van der Waals surface area contributed by atoms with E-state index in [9.17, 15) is 0 Å². The summed E-state index contributed by atoms with van der Waals surface area (Å²) in [7, 11) is 0. The van der Waals surface area contributed by atoms with Crippen molar-refractivity contribution in [2.75, 3.05) is 18.8 Å². The molecule has 1 heterocycles. The number of hydrogen-bond acceptors (Lipinski definition) is 3. The zero-order valence-electron chi connectivity index (χ0n) is 7.49. The first-order chi connectivity index (χ1) is 6.36. The molecule has 70 valence electrons. The molecule has 1 aliphatic heterocycles. The van der Waals surface area contributed by atoms with Crippen molar-refractivity contribution in [3.8, 4) is 0 Å². The minimum atomic E-state index is 0.699. The molecule has 0 unspecified atom stereocenters. The fourth-order valence-corrected chi connectivity index (χ4v) is 2.65. The molecule has 0 aromatic heterocycles. The van der Waals surface area contributed by atoms with Crippen LogP contribution in [0.2, 0.25) is 0 Å². The lowest BCUT2D eigenvalue weighted by Gasteiger charge is -2.09. The van der Waals surface area contributed by atoms with Crippen molar-refractivity contribution in [3.63, 3.8) is 0 Å². The van der Waals surface area contributed by atoms with Crippen LogP contribution in [0.25, 0.3) is 0 Å². The van der Waals surface area contributed by atoms with Crippen LogP contribution < -0.4 is 11.1 Å². The van der Waals surface area contributed by atoms with E-state index in [1.807, 2.05) is 30.0 Å². The summed E-state index contributed by atoms with van der Waals surface area (Å²) in [5, 5.41) is 4.05. The van der Waals surface area contributed by atoms with E-state index in [0.29, 0.717) is 5.25 Å². The second-order valence-electron chi connectivity index (χ2n) is 3.27. The highest BCUT2D eigenvalue weighted by Gasteiger charge is 2.16. The van der Waals surface area contributed by atoms with Crippen molar-refractivity contribution in [2.45, 2.75) is 16.6 Å². The van der Waals surface area contributed by atoms with E-state index in [4.69, 9.17) is 5.73 Å². The average Bonchev–Trinajstić information content (AvgIpc) is 2.61. The van der Waals surface area contributed by atoms with Gasteiger partial charge < -0.3 is 11.1 Å². The molecule has 0 saturated carbocycles. The van der Waals surface area contributed by atoms with Crippen molar-refractivity contribution in [1.82, 2.24) is 5.32 Å². The summed E-state index contributed by atoms with van der Waals surface area (Å²) < 4.78 is 0. The number of anilines is 1. The predicted molar refractivity (Wildman–Crippen MR) is 58.0 cm³/mol. The van der Waals surface area contributed by atoms with Crippen LogP contribution in [-0.4, -0.2) is 18.3 Å². The first-order valence-electron chi connectivity index (χ1n) is 4.58. The largest absolute Gasteiger partial charge is 0.398 e. The lowest BCUT2D eigenvalue weighted by atomic mass is 10.3. The van der Waals surface area contributed by atoms with Gasteiger partial charge in [-0.05, 0) is 25.1 Å². The molecule has 1 aromatic carbocycles. The summed E-state index contributed by atoms with van der Waals surface area (Å²) >= 11 is 1.89. The SMILES string of the molecule is Nc1ccccc1S[C@H]1CCNC1. The monoisotopic (exact) mass is 194 g/mol. The molecular formula is C10H14N2S. The van der Waals surface area contributed by atoms with Crippen LogP contribution in [0.1, 0.15) is 6.42 Å². The molecule has 0 radical (unpaired) electrons. The number of benzene rings is 1. The minimum absolute atomic E-state index is 0.699. The van der Waals surface area contributed by atoms with Crippen LogP contribution in [0, 0.1) is 0 Å². The van der Waals surface area contributed by atoms with Gasteiger partial charge in [0.1, 0.15) is 0 Å². The van der Waals surface area contributed by atoms with E-state index in [2.05, 4.69) is 11.4 Å². The van der Waals surface area contributed by atoms with Gasteiger partial charge >= 0.3 is 0 Å². The van der Waals surface area contributed by atoms with Crippen LogP contribution in [0.3, 0.4) is 0 Å². The topological polar surface area (TPSA) is 38.0 Å². The maximum atomic E-state index is 5.86. The molecule has 0 spiro atoms. The summed E-state index contributed by atoms with van der Waals surface area (Å²) in [5.74, 6) is 0. The van der Waals surface area contributed by atoms with Crippen molar-refractivity contribution in [2.24, 2.45) is 0 Å². The molecule has 0 amide bonds. The van der Waals surface area contributed by atoms with E-state index in [-0.39, 0.29) is 0 Å². The second-order valence-corrected chi connectivity index (χ2v) is 4.61. The van der Waals surface area contributed by atoms with Gasteiger partial charge in [0.15, 0.2) is 0 Å². The van der Waals surface area contributed by atoms with Crippen molar-refractivity contribution < 1.29 is 0 Å². The van der Waals surface area contributed by atoms with Gasteiger partial charge in [-0.1, -0.05) is 12.1 Å². The maximum absolute atomic E-state index is 5.86. The number of para-hydroxylation sites is 1. The normalized spacial score (nSPS) is 22.0. The highest BCUT2D eigenvalue weighted by Crippen LogP contribution is 2.30. The van der Waals surface area contributed by atoms with Crippen LogP contribution in [-0.2, 0) is 0 Å². The molecule has 1 fully saturated rings. The van der Waals surface area contributed by atoms with Crippen LogP contribution >= 0.6 is 11.8 Å². The van der Waals surface area contributed by atoms with Gasteiger partial charge in [0.05, 0.1) is 0 Å². The molecule has 3 heteroatoms. The molecule has 2 rings (SSSR count). The Morgan fingerprint density at radius 3 is 2.92 bits per heavy atom. The lowest BCUT2D eigenvalue weighted by Crippen LogP contribution is -2.10. The Labute approximate surface area is 82.9 Å². The molecule has 0 aliphatic carbocycles. The standard InChI is InChI=1S/C10H14N2S/c11-9-3-1-2-4-10(9)13-8-5-6-12-7-8/h1-4,8,12H,5-7,11H2/t8-/m0/s1. The Hall–Kier alpha value is -0.670. The van der Waals surface area contributed by atoms with Crippen LogP contribution in [0.15, 0.2) is 29.2 Å². The summed E-state index contributed by atoms with van der Waals surface area (Å²) in [6.45, 7) is 2.25. The van der Waals surface area contributed by atoms with Crippen molar-refractivity contribution in [1.29, 1.82) is 0 Å². The summed E-state index contributed by atoms with van der Waals surface area (Å²) in [6.07, 6.45) is 1.25. The Morgan fingerprint density at radius 2 is 2.23 bits per heavy atom. The lowest BCUT2D eigenvalue weighted by molar-refractivity contribution is 0.858. The molecule has 3 N–H and O–H groups in total. The predicted octanol–water partition coefficient (Wildman–Crippen LogP) is 1.72. The number of thioether (sulfide) groups is 1. The molecule has 1 saturated heterocycles. The third-order valence-electron chi connectivity index (χ3n) is 2.23. The average molecular weight is 194 g/mol. The third-order valence-corrected chi connectivity index (χ3v) is 3.59.